The summed E-state index contributed by atoms with van der Waals surface area (Å²) in [6.45, 7) is 12.3. The lowest BCUT2D eigenvalue weighted by Crippen LogP contribution is -2.34. The summed E-state index contributed by atoms with van der Waals surface area (Å²) in [7, 11) is 0. The van der Waals surface area contributed by atoms with Crippen LogP contribution in [0.2, 0.25) is 0 Å². The quantitative estimate of drug-likeness (QED) is 0.407. The molecule has 4 nitrogen and oxygen atoms in total. The maximum Gasteiger partial charge on any atom is 0.355 e. The number of ether oxygens (including phenoxy) is 2. The van der Waals surface area contributed by atoms with Gasteiger partial charge in [0.25, 0.3) is 0 Å². The van der Waals surface area contributed by atoms with E-state index in [2.05, 4.69) is 6.58 Å². The molecule has 0 saturated carbocycles. The Morgan fingerprint density at radius 3 is 2.58 bits per heavy atom. The second-order valence-corrected chi connectivity index (χ2v) is 6.66. The zero-order valence-corrected chi connectivity index (χ0v) is 15.0. The lowest BCUT2D eigenvalue weighted by atomic mass is 10.0. The van der Waals surface area contributed by atoms with E-state index < -0.39 is 5.60 Å². The zero-order valence-electron chi connectivity index (χ0n) is 15.0. The van der Waals surface area contributed by atoms with Crippen LogP contribution in [-0.2, 0) is 14.3 Å². The number of esters is 1. The third-order valence-electron chi connectivity index (χ3n) is 4.15. The van der Waals surface area contributed by atoms with Gasteiger partial charge in [0.15, 0.2) is 0 Å². The van der Waals surface area contributed by atoms with E-state index in [1.807, 2.05) is 62.9 Å². The summed E-state index contributed by atoms with van der Waals surface area (Å²) < 4.78 is 11.0. The summed E-state index contributed by atoms with van der Waals surface area (Å²) in [6.07, 6.45) is 4.36. The highest BCUT2D eigenvalue weighted by atomic mass is 16.6. The molecule has 2 rings (SSSR count). The molecule has 1 saturated heterocycles. The number of nitrogens with zero attached hydrogens (tertiary/aromatic N) is 1. The first-order valence-electron chi connectivity index (χ1n) is 8.35. The van der Waals surface area contributed by atoms with Gasteiger partial charge in [0.1, 0.15) is 11.3 Å². The summed E-state index contributed by atoms with van der Waals surface area (Å²) in [5.41, 5.74) is 1.04. The van der Waals surface area contributed by atoms with Gasteiger partial charge in [0.05, 0.1) is 18.8 Å². The SMILES string of the molecule is C=CN(/C(=C\C)C(=O)OC(C)(C)CC1CO1)C(C)c1ccccc1. The molecular weight excluding hydrogens is 302 g/mol. The summed E-state index contributed by atoms with van der Waals surface area (Å²) in [5.74, 6) is -0.342. The van der Waals surface area contributed by atoms with Crippen LogP contribution in [0.5, 0.6) is 0 Å². The zero-order chi connectivity index (χ0) is 17.7. The van der Waals surface area contributed by atoms with E-state index in [0.29, 0.717) is 12.1 Å². The minimum absolute atomic E-state index is 0.0164. The number of rotatable bonds is 8. The molecule has 2 unspecified atom stereocenters. The lowest BCUT2D eigenvalue weighted by molar-refractivity contribution is -0.154. The van der Waals surface area contributed by atoms with E-state index in [0.717, 1.165) is 12.2 Å². The number of hydrogen-bond acceptors (Lipinski definition) is 4. The smallest absolute Gasteiger partial charge is 0.355 e. The normalized spacial score (nSPS) is 18.7. The Hall–Kier alpha value is -2.07. The molecule has 4 heteroatoms. The topological polar surface area (TPSA) is 42.1 Å². The first-order valence-corrected chi connectivity index (χ1v) is 8.35. The van der Waals surface area contributed by atoms with E-state index in [1.54, 1.807) is 12.3 Å². The third kappa shape index (κ3) is 4.71. The van der Waals surface area contributed by atoms with Crippen LogP contribution < -0.4 is 0 Å². The summed E-state index contributed by atoms with van der Waals surface area (Å²) in [4.78, 5) is 14.6. The molecule has 0 N–H and O–H groups in total. The van der Waals surface area contributed by atoms with Gasteiger partial charge < -0.3 is 14.4 Å². The molecule has 130 valence electrons. The standard InChI is InChI=1S/C20H27NO3/c1-6-18(19(22)24-20(4,5)13-17-14-23-17)21(7-2)15(3)16-11-9-8-10-12-16/h6-12,15,17H,2,13-14H2,1,3-5H3/b18-6-. The third-order valence-corrected chi connectivity index (χ3v) is 4.15. The van der Waals surface area contributed by atoms with E-state index in [1.165, 1.54) is 0 Å². The highest BCUT2D eigenvalue weighted by molar-refractivity contribution is 5.88. The van der Waals surface area contributed by atoms with Crippen LogP contribution in [-0.4, -0.2) is 29.2 Å². The molecule has 1 aliphatic rings. The molecule has 1 heterocycles. The van der Waals surface area contributed by atoms with Crippen LogP contribution in [0.1, 0.15) is 45.7 Å². The second kappa shape index (κ2) is 7.67. The molecule has 0 bridgehead atoms. The fourth-order valence-electron chi connectivity index (χ4n) is 2.81. The van der Waals surface area contributed by atoms with Crippen molar-refractivity contribution in [2.75, 3.05) is 6.61 Å². The van der Waals surface area contributed by atoms with Gasteiger partial charge in [0, 0.05) is 6.42 Å². The van der Waals surface area contributed by atoms with E-state index in [-0.39, 0.29) is 18.1 Å². The molecule has 0 amide bonds. The summed E-state index contributed by atoms with van der Waals surface area (Å²) in [5, 5.41) is 0. The van der Waals surface area contributed by atoms with Crippen LogP contribution in [0.25, 0.3) is 0 Å². The van der Waals surface area contributed by atoms with Gasteiger partial charge in [-0.25, -0.2) is 4.79 Å². The van der Waals surface area contributed by atoms with Crippen molar-refractivity contribution in [2.24, 2.45) is 0 Å². The number of hydrogen-bond donors (Lipinski definition) is 0. The van der Waals surface area contributed by atoms with Crippen molar-refractivity contribution in [1.82, 2.24) is 4.90 Å². The van der Waals surface area contributed by atoms with Crippen molar-refractivity contribution < 1.29 is 14.3 Å². The minimum atomic E-state index is -0.560. The van der Waals surface area contributed by atoms with Crippen LogP contribution in [0.15, 0.2) is 54.9 Å². The van der Waals surface area contributed by atoms with E-state index in [9.17, 15) is 4.79 Å². The highest BCUT2D eigenvalue weighted by Crippen LogP contribution is 2.29. The Bertz CT molecular complexity index is 603. The predicted octanol–water partition coefficient (Wildman–Crippen LogP) is 4.21. The molecule has 0 aromatic heterocycles. The Labute approximate surface area is 144 Å². The molecular formula is C20H27NO3. The average Bonchev–Trinajstić information content (AvgIpc) is 3.35. The van der Waals surface area contributed by atoms with Crippen molar-refractivity contribution >= 4 is 5.97 Å². The first-order chi connectivity index (χ1) is 11.4. The lowest BCUT2D eigenvalue weighted by Gasteiger charge is -2.32. The van der Waals surface area contributed by atoms with Crippen LogP contribution in [0.4, 0.5) is 0 Å². The van der Waals surface area contributed by atoms with Crippen molar-refractivity contribution in [3.8, 4) is 0 Å². The van der Waals surface area contributed by atoms with Gasteiger partial charge in [-0.1, -0.05) is 43.0 Å². The maximum atomic E-state index is 12.7. The van der Waals surface area contributed by atoms with E-state index >= 15 is 0 Å². The van der Waals surface area contributed by atoms with Gasteiger partial charge in [-0.2, -0.15) is 0 Å². The van der Waals surface area contributed by atoms with Gasteiger partial charge >= 0.3 is 5.97 Å². The van der Waals surface area contributed by atoms with Crippen LogP contribution in [0, 0.1) is 0 Å². The molecule has 2 atom stereocenters. The van der Waals surface area contributed by atoms with Crippen LogP contribution >= 0.6 is 0 Å². The van der Waals surface area contributed by atoms with Gasteiger partial charge in [0.2, 0.25) is 0 Å². The monoisotopic (exact) mass is 329 g/mol. The van der Waals surface area contributed by atoms with Crippen molar-refractivity contribution in [1.29, 1.82) is 0 Å². The van der Waals surface area contributed by atoms with Gasteiger partial charge in [-0.05, 0) is 39.5 Å². The number of epoxide rings is 1. The number of carbonyl (C=O) groups is 1. The fourth-order valence-corrected chi connectivity index (χ4v) is 2.81. The minimum Gasteiger partial charge on any atom is -0.455 e. The average molecular weight is 329 g/mol. The predicted molar refractivity (Wildman–Crippen MR) is 95.2 cm³/mol. The van der Waals surface area contributed by atoms with Crippen molar-refractivity contribution in [3.05, 3.63) is 60.4 Å². The number of benzene rings is 1. The number of allylic oxidation sites excluding steroid dienone is 1. The molecule has 1 aromatic carbocycles. The fraction of sp³-hybridized carbons (Fsp3) is 0.450. The Morgan fingerprint density at radius 2 is 2.08 bits per heavy atom. The van der Waals surface area contributed by atoms with Crippen LogP contribution in [0.3, 0.4) is 0 Å². The second-order valence-electron chi connectivity index (χ2n) is 6.66. The molecule has 1 fully saturated rings. The van der Waals surface area contributed by atoms with Crippen molar-refractivity contribution in [3.63, 3.8) is 0 Å². The molecule has 24 heavy (non-hydrogen) atoms. The first kappa shape index (κ1) is 18.3. The molecule has 0 aliphatic carbocycles. The van der Waals surface area contributed by atoms with Gasteiger partial charge in [-0.3, -0.25) is 0 Å². The molecule has 1 aromatic rings. The molecule has 0 spiro atoms. The summed E-state index contributed by atoms with van der Waals surface area (Å²) >= 11 is 0. The molecule has 1 aliphatic heterocycles. The van der Waals surface area contributed by atoms with Crippen molar-refractivity contribution in [2.45, 2.75) is 51.9 Å². The maximum absolute atomic E-state index is 12.7. The highest BCUT2D eigenvalue weighted by Gasteiger charge is 2.35. The van der Waals surface area contributed by atoms with Gasteiger partial charge in [-0.15, -0.1) is 0 Å². The molecule has 0 radical (unpaired) electrons. The Balaban J connectivity index is 2.12. The Morgan fingerprint density at radius 1 is 1.46 bits per heavy atom. The summed E-state index contributed by atoms with van der Waals surface area (Å²) in [6, 6.07) is 10.0. The van der Waals surface area contributed by atoms with E-state index in [4.69, 9.17) is 9.47 Å². The number of carbonyl (C=O) groups excluding carboxylic acids is 1. The Kier molecular flexibility index (Phi) is 5.84. The largest absolute Gasteiger partial charge is 0.455 e.